The zero-order valence-electron chi connectivity index (χ0n) is 11.3. The molecular formula is C14H20N2O2. The Morgan fingerprint density at radius 3 is 2.33 bits per heavy atom. The molecule has 0 saturated carbocycles. The molecule has 4 heteroatoms. The van der Waals surface area contributed by atoms with E-state index in [4.69, 9.17) is 5.21 Å². The van der Waals surface area contributed by atoms with Crippen molar-refractivity contribution in [1.82, 2.24) is 0 Å². The number of carbonyl (C=O) groups is 1. The molecule has 0 aliphatic carbocycles. The Labute approximate surface area is 108 Å². The van der Waals surface area contributed by atoms with Crippen LogP contribution >= 0.6 is 0 Å². The van der Waals surface area contributed by atoms with E-state index < -0.39 is 0 Å². The van der Waals surface area contributed by atoms with Crippen LogP contribution in [0.2, 0.25) is 0 Å². The maximum atomic E-state index is 12.0. The molecule has 18 heavy (non-hydrogen) atoms. The van der Waals surface area contributed by atoms with Gasteiger partial charge < -0.3 is 10.5 Å². The lowest BCUT2D eigenvalue weighted by atomic mass is 9.89. The lowest BCUT2D eigenvalue weighted by molar-refractivity contribution is -0.124. The molecule has 98 valence electrons. The first-order valence-corrected chi connectivity index (χ1v) is 6.01. The summed E-state index contributed by atoms with van der Waals surface area (Å²) in [6.45, 7) is 7.54. The minimum absolute atomic E-state index is 0.00490. The second kappa shape index (κ2) is 5.67. The molecule has 0 radical (unpaired) electrons. The molecule has 0 atom stereocenters. The Kier molecular flexibility index (Phi) is 4.48. The van der Waals surface area contributed by atoms with Gasteiger partial charge in [-0.3, -0.25) is 4.79 Å². The van der Waals surface area contributed by atoms with Crippen molar-refractivity contribution >= 4 is 17.3 Å². The second-order valence-corrected chi connectivity index (χ2v) is 4.95. The van der Waals surface area contributed by atoms with Gasteiger partial charge in [0.2, 0.25) is 5.91 Å². The summed E-state index contributed by atoms with van der Waals surface area (Å²) >= 11 is 0. The van der Waals surface area contributed by atoms with Crippen molar-refractivity contribution in [1.29, 1.82) is 0 Å². The van der Waals surface area contributed by atoms with Gasteiger partial charge in [0.25, 0.3) is 0 Å². The molecule has 1 amide bonds. The number of rotatable bonds is 4. The van der Waals surface area contributed by atoms with Crippen LogP contribution in [0.25, 0.3) is 0 Å². The molecule has 0 spiro atoms. The summed E-state index contributed by atoms with van der Waals surface area (Å²) in [4.78, 5) is 12.0. The Morgan fingerprint density at radius 1 is 1.33 bits per heavy atom. The predicted molar refractivity (Wildman–Crippen MR) is 73.1 cm³/mol. The van der Waals surface area contributed by atoms with Crippen LogP contribution in [-0.4, -0.2) is 16.8 Å². The lowest BCUT2D eigenvalue weighted by Gasteiger charge is -2.21. The molecule has 0 heterocycles. The first kappa shape index (κ1) is 14.2. The maximum absolute atomic E-state index is 12.0. The van der Waals surface area contributed by atoms with Crippen molar-refractivity contribution in [2.75, 3.05) is 5.32 Å². The van der Waals surface area contributed by atoms with Gasteiger partial charge in [-0.05, 0) is 31.0 Å². The number of amides is 1. The highest BCUT2D eigenvalue weighted by Gasteiger charge is 2.25. The van der Waals surface area contributed by atoms with Crippen LogP contribution in [0.5, 0.6) is 0 Å². The molecule has 2 N–H and O–H groups in total. The number of oxime groups is 1. The molecule has 1 aromatic rings. The minimum Gasteiger partial charge on any atom is -0.411 e. The van der Waals surface area contributed by atoms with Gasteiger partial charge >= 0.3 is 0 Å². The largest absolute Gasteiger partial charge is 0.411 e. The van der Waals surface area contributed by atoms with Crippen LogP contribution in [0.1, 0.15) is 39.7 Å². The van der Waals surface area contributed by atoms with Crippen molar-refractivity contribution in [2.24, 2.45) is 10.6 Å². The summed E-state index contributed by atoms with van der Waals surface area (Å²) in [6, 6.07) is 7.22. The van der Waals surface area contributed by atoms with E-state index in [0.717, 1.165) is 17.7 Å². The lowest BCUT2D eigenvalue weighted by Crippen LogP contribution is -2.29. The molecular weight excluding hydrogens is 228 g/mol. The van der Waals surface area contributed by atoms with Gasteiger partial charge in [-0.15, -0.1) is 0 Å². The smallest absolute Gasteiger partial charge is 0.230 e. The molecule has 0 fully saturated rings. The number of nitrogens with one attached hydrogen (secondary N) is 1. The topological polar surface area (TPSA) is 61.7 Å². The molecule has 1 aromatic carbocycles. The summed E-state index contributed by atoms with van der Waals surface area (Å²) in [5.41, 5.74) is 1.74. The third kappa shape index (κ3) is 3.32. The van der Waals surface area contributed by atoms with Gasteiger partial charge in [-0.1, -0.05) is 38.1 Å². The van der Waals surface area contributed by atoms with E-state index in [1.807, 2.05) is 32.9 Å². The molecule has 0 saturated heterocycles. The minimum atomic E-state index is -0.374. The highest BCUT2D eigenvalue weighted by atomic mass is 16.4. The van der Waals surface area contributed by atoms with Crippen LogP contribution < -0.4 is 5.32 Å². The Morgan fingerprint density at radius 2 is 1.89 bits per heavy atom. The van der Waals surface area contributed by atoms with E-state index in [2.05, 4.69) is 10.5 Å². The van der Waals surface area contributed by atoms with E-state index in [1.54, 1.807) is 19.1 Å². The summed E-state index contributed by atoms with van der Waals surface area (Å²) in [5, 5.41) is 14.7. The summed E-state index contributed by atoms with van der Waals surface area (Å²) in [6.07, 6.45) is 0.785. The average molecular weight is 248 g/mol. The molecule has 0 aliphatic heterocycles. The third-order valence-corrected chi connectivity index (χ3v) is 3.21. The normalized spacial score (nSPS) is 12.3. The fourth-order valence-electron chi connectivity index (χ4n) is 1.31. The van der Waals surface area contributed by atoms with Gasteiger partial charge in [-0.25, -0.2) is 0 Å². The predicted octanol–water partition coefficient (Wildman–Crippen LogP) is 3.26. The Hall–Kier alpha value is -1.84. The second-order valence-electron chi connectivity index (χ2n) is 4.95. The molecule has 0 aliphatic rings. The number of anilines is 1. The molecule has 0 aromatic heterocycles. The summed E-state index contributed by atoms with van der Waals surface area (Å²) in [7, 11) is 0. The summed E-state index contributed by atoms with van der Waals surface area (Å²) in [5.74, 6) is 0.00490. The van der Waals surface area contributed by atoms with Crippen molar-refractivity contribution in [2.45, 2.75) is 34.1 Å². The zero-order valence-corrected chi connectivity index (χ0v) is 11.3. The monoisotopic (exact) mass is 248 g/mol. The fourth-order valence-corrected chi connectivity index (χ4v) is 1.31. The van der Waals surface area contributed by atoms with Gasteiger partial charge in [0.05, 0.1) is 5.71 Å². The Bertz CT molecular complexity index is 447. The quantitative estimate of drug-likeness (QED) is 0.488. The van der Waals surface area contributed by atoms with Crippen molar-refractivity contribution in [3.05, 3.63) is 29.8 Å². The van der Waals surface area contributed by atoms with E-state index in [9.17, 15) is 4.79 Å². The third-order valence-electron chi connectivity index (χ3n) is 3.21. The number of hydrogen-bond acceptors (Lipinski definition) is 3. The van der Waals surface area contributed by atoms with Crippen LogP contribution in [-0.2, 0) is 4.79 Å². The van der Waals surface area contributed by atoms with Crippen molar-refractivity contribution in [3.63, 3.8) is 0 Å². The number of carbonyl (C=O) groups excluding carboxylic acids is 1. The molecule has 1 rings (SSSR count). The zero-order chi connectivity index (χ0) is 13.8. The van der Waals surface area contributed by atoms with Gasteiger partial charge in [0.15, 0.2) is 0 Å². The molecule has 4 nitrogen and oxygen atoms in total. The van der Waals surface area contributed by atoms with Gasteiger partial charge in [0.1, 0.15) is 0 Å². The van der Waals surface area contributed by atoms with Gasteiger partial charge in [-0.2, -0.15) is 0 Å². The number of benzene rings is 1. The van der Waals surface area contributed by atoms with E-state index >= 15 is 0 Å². The van der Waals surface area contributed by atoms with Gasteiger partial charge in [0, 0.05) is 11.1 Å². The Balaban J connectivity index is 2.79. The first-order chi connectivity index (χ1) is 8.40. The average Bonchev–Trinajstić information content (AvgIpc) is 2.38. The van der Waals surface area contributed by atoms with E-state index in [-0.39, 0.29) is 11.3 Å². The highest BCUT2D eigenvalue weighted by Crippen LogP contribution is 2.22. The number of nitrogens with zero attached hydrogens (tertiary/aromatic N) is 1. The highest BCUT2D eigenvalue weighted by molar-refractivity contribution is 5.99. The molecule has 0 bridgehead atoms. The molecule has 0 unspecified atom stereocenters. The standard InChI is InChI=1S/C14H20N2O2/c1-5-14(3,4)13(17)15-12-8-6-11(7-9-12)10(2)16-18/h6-9,18H,5H2,1-4H3,(H,15,17). The maximum Gasteiger partial charge on any atom is 0.230 e. The van der Waals surface area contributed by atoms with Crippen LogP contribution in [0.3, 0.4) is 0 Å². The van der Waals surface area contributed by atoms with Crippen molar-refractivity contribution < 1.29 is 10.0 Å². The first-order valence-electron chi connectivity index (χ1n) is 6.01. The van der Waals surface area contributed by atoms with Crippen LogP contribution in [0, 0.1) is 5.41 Å². The fraction of sp³-hybridized carbons (Fsp3) is 0.429. The van der Waals surface area contributed by atoms with E-state index in [0.29, 0.717) is 5.71 Å². The van der Waals surface area contributed by atoms with Crippen LogP contribution in [0.4, 0.5) is 5.69 Å². The van der Waals surface area contributed by atoms with Crippen LogP contribution in [0.15, 0.2) is 29.4 Å². The summed E-state index contributed by atoms with van der Waals surface area (Å²) < 4.78 is 0. The van der Waals surface area contributed by atoms with E-state index in [1.165, 1.54) is 0 Å². The number of hydrogen-bond donors (Lipinski definition) is 2. The SMILES string of the molecule is CCC(C)(C)C(=O)Nc1ccc(C(C)=NO)cc1. The van der Waals surface area contributed by atoms with Crippen molar-refractivity contribution in [3.8, 4) is 0 Å².